The van der Waals surface area contributed by atoms with Gasteiger partial charge in [0.05, 0.1) is 0 Å². The third-order valence-corrected chi connectivity index (χ3v) is 1.89. The van der Waals surface area contributed by atoms with E-state index in [0.717, 1.165) is 6.42 Å². The summed E-state index contributed by atoms with van der Waals surface area (Å²) in [5.41, 5.74) is 0. The van der Waals surface area contributed by atoms with E-state index < -0.39 is 0 Å². The van der Waals surface area contributed by atoms with Gasteiger partial charge in [-0.1, -0.05) is 48.6 Å². The molecule has 0 saturated heterocycles. The highest BCUT2D eigenvalue weighted by molar-refractivity contribution is 5.12. The number of rotatable bonds is 0. The molecule has 0 unspecified atom stereocenters. The molecular formula is C13H17. The fourth-order valence-corrected chi connectivity index (χ4v) is 1.16. The Labute approximate surface area is 81.4 Å². The van der Waals surface area contributed by atoms with Gasteiger partial charge in [0, 0.05) is 0 Å². The number of hydrogen-bond acceptors (Lipinski definition) is 0. The lowest BCUT2D eigenvalue weighted by molar-refractivity contribution is 0.842. The van der Waals surface area contributed by atoms with Crippen LogP contribution in [-0.2, 0) is 0 Å². The van der Waals surface area contributed by atoms with E-state index in [1.165, 1.54) is 19.3 Å². The molecule has 1 radical (unpaired) electrons. The Kier molecular flexibility index (Phi) is 5.87. The van der Waals surface area contributed by atoms with Crippen LogP contribution < -0.4 is 0 Å². The van der Waals surface area contributed by atoms with Crippen molar-refractivity contribution in [3.8, 4) is 0 Å². The lowest BCUT2D eigenvalue weighted by Crippen LogP contribution is -1.72. The minimum absolute atomic E-state index is 1.03. The molecule has 69 valence electrons. The lowest BCUT2D eigenvalue weighted by atomic mass is 10.2. The third kappa shape index (κ3) is 6.15. The molecule has 1 aliphatic rings. The smallest absolute Gasteiger partial charge is 0.0166 e. The van der Waals surface area contributed by atoms with Crippen molar-refractivity contribution in [1.29, 1.82) is 0 Å². The molecule has 0 aromatic heterocycles. The highest BCUT2D eigenvalue weighted by Gasteiger charge is 1.83. The van der Waals surface area contributed by atoms with Crippen molar-refractivity contribution in [2.75, 3.05) is 0 Å². The molecule has 0 aromatic carbocycles. The van der Waals surface area contributed by atoms with Gasteiger partial charge in [0.2, 0.25) is 0 Å². The van der Waals surface area contributed by atoms with Gasteiger partial charge in [0.1, 0.15) is 0 Å². The lowest BCUT2D eigenvalue weighted by Gasteiger charge is -1.91. The van der Waals surface area contributed by atoms with Gasteiger partial charge >= 0.3 is 0 Å². The standard InChI is InChI=1S/C13H17/c1-2-4-6-8-10-12-13-11-9-7-5-3-1/h1-6,9,11,13H,7-8,10,12H2/b2-1+,5-3+,6-4-,11-9+. The monoisotopic (exact) mass is 173 g/mol. The zero-order valence-corrected chi connectivity index (χ0v) is 8.02. The summed E-state index contributed by atoms with van der Waals surface area (Å²) in [7, 11) is 0. The van der Waals surface area contributed by atoms with Gasteiger partial charge in [0.15, 0.2) is 0 Å². The highest BCUT2D eigenvalue weighted by Crippen LogP contribution is 2.02. The SMILES string of the molecule is [CH]1/C=C/C/C=C/C=C/C=C\CCC1. The van der Waals surface area contributed by atoms with Crippen molar-refractivity contribution >= 4 is 0 Å². The van der Waals surface area contributed by atoms with Crippen LogP contribution in [0.1, 0.15) is 25.7 Å². The Morgan fingerprint density at radius 2 is 1.38 bits per heavy atom. The predicted octanol–water partition coefficient (Wildman–Crippen LogP) is 3.99. The van der Waals surface area contributed by atoms with Crippen molar-refractivity contribution in [3.63, 3.8) is 0 Å². The van der Waals surface area contributed by atoms with Crippen molar-refractivity contribution in [2.24, 2.45) is 0 Å². The van der Waals surface area contributed by atoms with E-state index in [1.807, 2.05) is 0 Å². The van der Waals surface area contributed by atoms with Gasteiger partial charge in [-0.15, -0.1) is 0 Å². The van der Waals surface area contributed by atoms with Crippen molar-refractivity contribution in [2.45, 2.75) is 25.7 Å². The summed E-state index contributed by atoms with van der Waals surface area (Å²) in [6.45, 7) is 0. The maximum atomic E-state index is 2.24. The molecule has 0 saturated carbocycles. The van der Waals surface area contributed by atoms with Gasteiger partial charge in [-0.2, -0.15) is 0 Å². The maximum Gasteiger partial charge on any atom is -0.0166 e. The molecule has 0 nitrogen and oxygen atoms in total. The summed E-state index contributed by atoms with van der Waals surface area (Å²) in [6, 6.07) is 0. The van der Waals surface area contributed by atoms with E-state index in [2.05, 4.69) is 55.0 Å². The van der Waals surface area contributed by atoms with Crippen LogP contribution in [0.5, 0.6) is 0 Å². The van der Waals surface area contributed by atoms with Crippen molar-refractivity contribution < 1.29 is 0 Å². The predicted molar refractivity (Wildman–Crippen MR) is 59.3 cm³/mol. The van der Waals surface area contributed by atoms with E-state index >= 15 is 0 Å². The molecule has 1 rings (SSSR count). The molecule has 0 fully saturated rings. The Hall–Kier alpha value is -1.04. The maximum absolute atomic E-state index is 2.24. The molecule has 0 aromatic rings. The first kappa shape index (κ1) is 10.0. The summed E-state index contributed by atoms with van der Waals surface area (Å²) in [5.74, 6) is 0. The Balaban J connectivity index is 2.38. The first-order valence-corrected chi connectivity index (χ1v) is 4.97. The fourth-order valence-electron chi connectivity index (χ4n) is 1.16. The van der Waals surface area contributed by atoms with Gasteiger partial charge in [-0.05, 0) is 32.1 Å². The first-order valence-electron chi connectivity index (χ1n) is 4.97. The quantitative estimate of drug-likeness (QED) is 0.519. The van der Waals surface area contributed by atoms with E-state index in [0.29, 0.717) is 0 Å². The Bertz CT molecular complexity index is 216. The molecule has 0 spiro atoms. The molecule has 0 heterocycles. The minimum Gasteiger partial charge on any atom is -0.0845 e. The second-order valence-electron chi connectivity index (χ2n) is 3.07. The van der Waals surface area contributed by atoms with Gasteiger partial charge < -0.3 is 0 Å². The van der Waals surface area contributed by atoms with E-state index in [4.69, 9.17) is 0 Å². The first-order chi connectivity index (χ1) is 6.50. The summed E-state index contributed by atoms with van der Waals surface area (Å²) in [4.78, 5) is 0. The summed E-state index contributed by atoms with van der Waals surface area (Å²) in [5, 5.41) is 0. The second-order valence-corrected chi connectivity index (χ2v) is 3.07. The van der Waals surface area contributed by atoms with Crippen LogP contribution in [0.15, 0.2) is 48.6 Å². The van der Waals surface area contributed by atoms with Gasteiger partial charge in [0.25, 0.3) is 0 Å². The topological polar surface area (TPSA) is 0 Å². The number of hydrogen-bond donors (Lipinski definition) is 0. The van der Waals surface area contributed by atoms with Crippen LogP contribution in [0.2, 0.25) is 0 Å². The van der Waals surface area contributed by atoms with Crippen molar-refractivity contribution in [3.05, 3.63) is 55.0 Å². The van der Waals surface area contributed by atoms with Crippen molar-refractivity contribution in [1.82, 2.24) is 0 Å². The Morgan fingerprint density at radius 1 is 0.615 bits per heavy atom. The average Bonchev–Trinajstić information content (AvgIpc) is 2.18. The fraction of sp³-hybridized carbons (Fsp3) is 0.308. The van der Waals surface area contributed by atoms with E-state index in [1.54, 1.807) is 0 Å². The zero-order valence-electron chi connectivity index (χ0n) is 8.02. The largest absolute Gasteiger partial charge is 0.0845 e. The van der Waals surface area contributed by atoms with Crippen LogP contribution in [-0.4, -0.2) is 0 Å². The van der Waals surface area contributed by atoms with Gasteiger partial charge in [-0.25, -0.2) is 0 Å². The third-order valence-electron chi connectivity index (χ3n) is 1.89. The summed E-state index contributed by atoms with van der Waals surface area (Å²) in [6.07, 6.45) is 24.0. The molecule has 0 N–H and O–H groups in total. The van der Waals surface area contributed by atoms with E-state index in [-0.39, 0.29) is 0 Å². The Morgan fingerprint density at radius 3 is 2.31 bits per heavy atom. The molecule has 0 heteroatoms. The van der Waals surface area contributed by atoms with Crippen LogP contribution in [0.25, 0.3) is 0 Å². The average molecular weight is 173 g/mol. The zero-order chi connectivity index (χ0) is 9.19. The van der Waals surface area contributed by atoms with Crippen LogP contribution in [0.4, 0.5) is 0 Å². The molecular weight excluding hydrogens is 156 g/mol. The van der Waals surface area contributed by atoms with Crippen LogP contribution in [0.3, 0.4) is 0 Å². The minimum atomic E-state index is 1.03. The summed E-state index contributed by atoms with van der Waals surface area (Å²) < 4.78 is 0. The molecule has 0 bridgehead atoms. The van der Waals surface area contributed by atoms with Crippen LogP contribution >= 0.6 is 0 Å². The van der Waals surface area contributed by atoms with Gasteiger partial charge in [-0.3, -0.25) is 0 Å². The number of allylic oxidation sites excluding steroid dienone is 8. The van der Waals surface area contributed by atoms with E-state index in [9.17, 15) is 0 Å². The molecule has 0 atom stereocenters. The normalized spacial score (nSPS) is 28.9. The molecule has 0 amide bonds. The van der Waals surface area contributed by atoms with Crippen LogP contribution in [0, 0.1) is 6.42 Å². The molecule has 1 aliphatic carbocycles. The molecule has 0 aliphatic heterocycles. The summed E-state index contributed by atoms with van der Waals surface area (Å²) >= 11 is 0. The second kappa shape index (κ2) is 7.60. The molecule has 13 heavy (non-hydrogen) atoms. The highest BCUT2D eigenvalue weighted by atomic mass is 13.9.